The predicted octanol–water partition coefficient (Wildman–Crippen LogP) is 3.79. The normalized spacial score (nSPS) is 10.2. The first-order chi connectivity index (χ1) is 7.59. The van der Waals surface area contributed by atoms with E-state index in [1.807, 2.05) is 25.1 Å². The lowest BCUT2D eigenvalue weighted by Crippen LogP contribution is -2.00. The van der Waals surface area contributed by atoms with E-state index in [0.717, 1.165) is 29.2 Å². The van der Waals surface area contributed by atoms with Crippen LogP contribution < -0.4 is 4.74 Å². The highest BCUT2D eigenvalue weighted by Gasteiger charge is 2.00. The largest absolute Gasteiger partial charge is 0.493 e. The van der Waals surface area contributed by atoms with E-state index in [0.29, 0.717) is 13.0 Å². The first-order valence-corrected chi connectivity index (χ1v) is 5.86. The number of carbonyl (C=O) groups is 1. The van der Waals surface area contributed by atoms with Crippen molar-refractivity contribution in [3.8, 4) is 5.75 Å². The molecule has 0 heterocycles. The van der Waals surface area contributed by atoms with Gasteiger partial charge in [-0.25, -0.2) is 0 Å². The van der Waals surface area contributed by atoms with E-state index >= 15 is 0 Å². The molecule has 0 radical (unpaired) electrons. The molecule has 0 atom stereocenters. The molecule has 0 saturated heterocycles. The van der Waals surface area contributed by atoms with Crippen molar-refractivity contribution < 1.29 is 9.53 Å². The number of halogens is 1. The molecule has 88 valence electrons. The maximum Gasteiger partial charge on any atom is 0.129 e. The van der Waals surface area contributed by atoms with Gasteiger partial charge in [-0.3, -0.25) is 0 Å². The third kappa shape index (κ3) is 4.67. The van der Waals surface area contributed by atoms with Crippen LogP contribution >= 0.6 is 11.6 Å². The second kappa shape index (κ2) is 6.54. The van der Waals surface area contributed by atoms with Crippen LogP contribution in [0.25, 0.3) is 0 Å². The Hall–Kier alpha value is -1.02. The van der Waals surface area contributed by atoms with E-state index in [2.05, 4.69) is 0 Å². The topological polar surface area (TPSA) is 26.3 Å². The second-order valence-electron chi connectivity index (χ2n) is 3.92. The molecule has 0 aliphatic carbocycles. The van der Waals surface area contributed by atoms with Gasteiger partial charge >= 0.3 is 0 Å². The molecule has 0 N–H and O–H groups in total. The number of aryl methyl sites for hydroxylation is 1. The highest BCUT2D eigenvalue weighted by Crippen LogP contribution is 2.21. The van der Waals surface area contributed by atoms with E-state index in [4.69, 9.17) is 16.3 Å². The summed E-state index contributed by atoms with van der Waals surface area (Å²) in [5, 5.41) is 0.724. The Morgan fingerprint density at radius 2 is 2.12 bits per heavy atom. The minimum absolute atomic E-state index is 0.239. The fourth-order valence-electron chi connectivity index (χ4n) is 1.43. The van der Waals surface area contributed by atoms with Gasteiger partial charge in [-0.1, -0.05) is 11.6 Å². The van der Waals surface area contributed by atoms with E-state index in [-0.39, 0.29) is 5.78 Å². The van der Waals surface area contributed by atoms with Crippen LogP contribution in [-0.2, 0) is 4.79 Å². The van der Waals surface area contributed by atoms with Crippen molar-refractivity contribution >= 4 is 17.4 Å². The van der Waals surface area contributed by atoms with Crippen LogP contribution in [-0.4, -0.2) is 12.4 Å². The number of rotatable bonds is 6. The zero-order valence-electron chi connectivity index (χ0n) is 9.75. The monoisotopic (exact) mass is 240 g/mol. The predicted molar refractivity (Wildman–Crippen MR) is 66.2 cm³/mol. The van der Waals surface area contributed by atoms with Crippen molar-refractivity contribution in [3.63, 3.8) is 0 Å². The number of ether oxygens (including phenoxy) is 1. The first-order valence-electron chi connectivity index (χ1n) is 5.48. The number of Topliss-reactive ketones (excluding diaryl/α,β-unsaturated/α-hetero) is 1. The summed E-state index contributed by atoms with van der Waals surface area (Å²) in [4.78, 5) is 10.7. The van der Waals surface area contributed by atoms with Crippen LogP contribution in [0.4, 0.5) is 0 Å². The Bertz CT molecular complexity index is 361. The maximum atomic E-state index is 10.7. The van der Waals surface area contributed by atoms with Crippen LogP contribution in [0.15, 0.2) is 18.2 Å². The molecule has 3 heteroatoms. The maximum absolute atomic E-state index is 10.7. The Balaban J connectivity index is 2.29. The second-order valence-corrected chi connectivity index (χ2v) is 4.35. The Morgan fingerprint density at radius 1 is 1.38 bits per heavy atom. The number of unbranched alkanes of at least 4 members (excludes halogenated alkanes) is 1. The summed E-state index contributed by atoms with van der Waals surface area (Å²) in [6, 6.07) is 5.58. The van der Waals surface area contributed by atoms with Crippen molar-refractivity contribution in [1.82, 2.24) is 0 Å². The zero-order valence-corrected chi connectivity index (χ0v) is 10.5. The molecule has 0 aliphatic rings. The summed E-state index contributed by atoms with van der Waals surface area (Å²) in [7, 11) is 0. The van der Waals surface area contributed by atoms with Gasteiger partial charge in [0, 0.05) is 11.4 Å². The fraction of sp³-hybridized carbons (Fsp3) is 0.462. The van der Waals surface area contributed by atoms with Gasteiger partial charge in [0.15, 0.2) is 0 Å². The molecule has 1 aromatic carbocycles. The lowest BCUT2D eigenvalue weighted by molar-refractivity contribution is -0.117. The molecule has 1 aromatic rings. The molecule has 0 saturated carbocycles. The van der Waals surface area contributed by atoms with Crippen molar-refractivity contribution in [2.45, 2.75) is 33.1 Å². The third-order valence-electron chi connectivity index (χ3n) is 2.32. The van der Waals surface area contributed by atoms with Gasteiger partial charge in [-0.15, -0.1) is 0 Å². The van der Waals surface area contributed by atoms with E-state index in [9.17, 15) is 4.79 Å². The van der Waals surface area contributed by atoms with Crippen LogP contribution in [0, 0.1) is 6.92 Å². The number of ketones is 1. The Labute approximate surface area is 102 Å². The Morgan fingerprint density at radius 3 is 2.75 bits per heavy atom. The third-order valence-corrected chi connectivity index (χ3v) is 2.55. The SMILES string of the molecule is CC(=O)CCCCOc1ccc(Cl)cc1C. The highest BCUT2D eigenvalue weighted by atomic mass is 35.5. The highest BCUT2D eigenvalue weighted by molar-refractivity contribution is 6.30. The summed E-state index contributed by atoms with van der Waals surface area (Å²) in [5.41, 5.74) is 1.04. The van der Waals surface area contributed by atoms with Crippen LogP contribution in [0.5, 0.6) is 5.75 Å². The van der Waals surface area contributed by atoms with Crippen molar-refractivity contribution in [1.29, 1.82) is 0 Å². The van der Waals surface area contributed by atoms with Gasteiger partial charge in [0.2, 0.25) is 0 Å². The molecular formula is C13H17ClO2. The van der Waals surface area contributed by atoms with E-state index < -0.39 is 0 Å². The average Bonchev–Trinajstić information content (AvgIpc) is 2.20. The summed E-state index contributed by atoms with van der Waals surface area (Å²) in [6.07, 6.45) is 2.44. The smallest absolute Gasteiger partial charge is 0.129 e. The zero-order chi connectivity index (χ0) is 12.0. The first kappa shape index (κ1) is 13.0. The summed E-state index contributed by atoms with van der Waals surface area (Å²) >= 11 is 5.84. The lowest BCUT2D eigenvalue weighted by atomic mass is 10.2. The van der Waals surface area contributed by atoms with E-state index in [1.165, 1.54) is 0 Å². The average molecular weight is 241 g/mol. The van der Waals surface area contributed by atoms with E-state index in [1.54, 1.807) is 6.92 Å². The molecular weight excluding hydrogens is 224 g/mol. The van der Waals surface area contributed by atoms with Gasteiger partial charge < -0.3 is 9.53 Å². The summed E-state index contributed by atoms with van der Waals surface area (Å²) in [5.74, 6) is 1.11. The van der Waals surface area contributed by atoms with Gasteiger partial charge in [0.1, 0.15) is 11.5 Å². The number of hydrogen-bond acceptors (Lipinski definition) is 2. The molecule has 0 aliphatic heterocycles. The van der Waals surface area contributed by atoms with Crippen LogP contribution in [0.3, 0.4) is 0 Å². The molecule has 0 fully saturated rings. The van der Waals surface area contributed by atoms with Gasteiger partial charge in [-0.2, -0.15) is 0 Å². The Kier molecular flexibility index (Phi) is 5.33. The number of carbonyl (C=O) groups excluding carboxylic acids is 1. The molecule has 0 aromatic heterocycles. The number of benzene rings is 1. The van der Waals surface area contributed by atoms with Crippen molar-refractivity contribution in [2.24, 2.45) is 0 Å². The minimum atomic E-state index is 0.239. The molecule has 2 nitrogen and oxygen atoms in total. The molecule has 16 heavy (non-hydrogen) atoms. The standard InChI is InChI=1S/C13H17ClO2/c1-10-9-12(14)6-7-13(10)16-8-4-3-5-11(2)15/h6-7,9H,3-5,8H2,1-2H3. The minimum Gasteiger partial charge on any atom is -0.493 e. The molecule has 0 bridgehead atoms. The van der Waals surface area contributed by atoms with Gasteiger partial charge in [0.25, 0.3) is 0 Å². The lowest BCUT2D eigenvalue weighted by Gasteiger charge is -2.08. The molecule has 0 amide bonds. The van der Waals surface area contributed by atoms with Crippen LogP contribution in [0.1, 0.15) is 31.7 Å². The molecule has 1 rings (SSSR count). The van der Waals surface area contributed by atoms with Gasteiger partial charge in [-0.05, 0) is 50.5 Å². The molecule has 0 spiro atoms. The van der Waals surface area contributed by atoms with Crippen molar-refractivity contribution in [3.05, 3.63) is 28.8 Å². The quantitative estimate of drug-likeness (QED) is 0.708. The fourth-order valence-corrected chi connectivity index (χ4v) is 1.66. The van der Waals surface area contributed by atoms with Crippen molar-refractivity contribution in [2.75, 3.05) is 6.61 Å². The number of hydrogen-bond donors (Lipinski definition) is 0. The molecule has 0 unspecified atom stereocenters. The summed E-state index contributed by atoms with van der Waals surface area (Å²) in [6.45, 7) is 4.23. The van der Waals surface area contributed by atoms with Crippen LogP contribution in [0.2, 0.25) is 5.02 Å². The van der Waals surface area contributed by atoms with Gasteiger partial charge in [0.05, 0.1) is 6.61 Å². The summed E-state index contributed by atoms with van der Waals surface area (Å²) < 4.78 is 5.60.